The Morgan fingerprint density at radius 2 is 1.81 bits per heavy atom. The molecule has 1 aliphatic carbocycles. The number of nitrogens with two attached hydrogens (primary N) is 1. The second-order valence-electron chi connectivity index (χ2n) is 5.42. The molecule has 2 aliphatic rings. The maximum Gasteiger partial charge on any atom is 0.161 e. The molecule has 0 amide bonds. The molecule has 0 unspecified atom stereocenters. The number of fused-ring (bicyclic) bond motifs is 2. The fourth-order valence-corrected chi connectivity index (χ4v) is 2.89. The van der Waals surface area contributed by atoms with Crippen molar-refractivity contribution in [2.45, 2.75) is 25.7 Å². The highest BCUT2D eigenvalue weighted by molar-refractivity contribution is 5.63. The summed E-state index contributed by atoms with van der Waals surface area (Å²) >= 11 is 0. The van der Waals surface area contributed by atoms with E-state index in [-0.39, 0.29) is 0 Å². The molecule has 0 atom stereocenters. The summed E-state index contributed by atoms with van der Waals surface area (Å²) in [7, 11) is 0. The molecule has 0 spiro atoms. The number of anilines is 1. The Balaban J connectivity index is 1.77. The Labute approximate surface area is 123 Å². The van der Waals surface area contributed by atoms with E-state index in [1.807, 2.05) is 18.2 Å². The first-order valence-corrected chi connectivity index (χ1v) is 7.36. The van der Waals surface area contributed by atoms with Gasteiger partial charge < -0.3 is 15.2 Å². The van der Waals surface area contributed by atoms with E-state index in [1.54, 1.807) is 0 Å². The van der Waals surface area contributed by atoms with E-state index in [4.69, 9.17) is 15.2 Å². The zero-order valence-corrected chi connectivity index (χ0v) is 11.8. The summed E-state index contributed by atoms with van der Waals surface area (Å²) in [5, 5.41) is 0. The smallest absolute Gasteiger partial charge is 0.161 e. The summed E-state index contributed by atoms with van der Waals surface area (Å²) in [4.78, 5) is 9.13. The molecule has 4 rings (SSSR count). The van der Waals surface area contributed by atoms with Gasteiger partial charge in [0, 0.05) is 23.2 Å². The minimum atomic E-state index is 0.611. The second-order valence-corrected chi connectivity index (χ2v) is 5.42. The number of ether oxygens (including phenoxy) is 2. The Morgan fingerprint density at radius 1 is 0.952 bits per heavy atom. The van der Waals surface area contributed by atoms with E-state index in [0.717, 1.165) is 54.0 Å². The zero-order valence-electron chi connectivity index (χ0n) is 11.8. The standard InChI is InChI=1S/C16H17N3O2/c17-15-11-3-1-4-12(11)18-16(19-15)10-5-6-13-14(9-10)21-8-2-7-20-13/h5-6,9H,1-4,7-8H2,(H2,17,18,19). The van der Waals surface area contributed by atoms with Crippen LogP contribution in [0.1, 0.15) is 24.1 Å². The molecule has 1 aromatic heterocycles. The van der Waals surface area contributed by atoms with Crippen LogP contribution in [0.2, 0.25) is 0 Å². The molecule has 0 fully saturated rings. The van der Waals surface area contributed by atoms with Gasteiger partial charge in [0.15, 0.2) is 17.3 Å². The topological polar surface area (TPSA) is 70.3 Å². The van der Waals surface area contributed by atoms with Gasteiger partial charge in [-0.2, -0.15) is 0 Å². The van der Waals surface area contributed by atoms with Crippen molar-refractivity contribution < 1.29 is 9.47 Å². The molecule has 0 saturated carbocycles. The number of nitrogens with zero attached hydrogens (tertiary/aromatic N) is 2. The summed E-state index contributed by atoms with van der Waals surface area (Å²) in [6, 6.07) is 5.82. The lowest BCUT2D eigenvalue weighted by Crippen LogP contribution is -2.03. The van der Waals surface area contributed by atoms with Crippen LogP contribution < -0.4 is 15.2 Å². The third-order valence-electron chi connectivity index (χ3n) is 3.97. The number of nitrogen functional groups attached to an aromatic ring is 1. The van der Waals surface area contributed by atoms with Crippen LogP contribution in [0.4, 0.5) is 5.82 Å². The predicted octanol–water partition coefficient (Wildman–Crippen LogP) is 2.38. The maximum atomic E-state index is 6.07. The quantitative estimate of drug-likeness (QED) is 0.870. The van der Waals surface area contributed by atoms with Crippen molar-refractivity contribution in [3.63, 3.8) is 0 Å². The van der Waals surface area contributed by atoms with Crippen LogP contribution in [-0.4, -0.2) is 23.2 Å². The number of aromatic nitrogens is 2. The molecular formula is C16H17N3O2. The summed E-state index contributed by atoms with van der Waals surface area (Å²) < 4.78 is 11.4. The van der Waals surface area contributed by atoms with Gasteiger partial charge in [0.25, 0.3) is 0 Å². The lowest BCUT2D eigenvalue weighted by atomic mass is 10.1. The average Bonchev–Trinajstić information content (AvgIpc) is 2.85. The number of hydrogen-bond donors (Lipinski definition) is 1. The molecule has 0 bridgehead atoms. The van der Waals surface area contributed by atoms with Crippen LogP contribution in [0.15, 0.2) is 18.2 Å². The lowest BCUT2D eigenvalue weighted by molar-refractivity contribution is 0.297. The summed E-state index contributed by atoms with van der Waals surface area (Å²) in [6.07, 6.45) is 3.98. The minimum absolute atomic E-state index is 0.611. The second kappa shape index (κ2) is 4.91. The van der Waals surface area contributed by atoms with Gasteiger partial charge in [-0.3, -0.25) is 0 Å². The van der Waals surface area contributed by atoms with Gasteiger partial charge in [0.1, 0.15) is 5.82 Å². The minimum Gasteiger partial charge on any atom is -0.490 e. The molecule has 5 heteroatoms. The largest absolute Gasteiger partial charge is 0.490 e. The van der Waals surface area contributed by atoms with Crippen molar-refractivity contribution in [2.75, 3.05) is 18.9 Å². The van der Waals surface area contributed by atoms with Crippen molar-refractivity contribution >= 4 is 5.82 Å². The molecule has 1 aliphatic heterocycles. The molecule has 0 radical (unpaired) electrons. The van der Waals surface area contributed by atoms with Crippen molar-refractivity contribution in [3.05, 3.63) is 29.5 Å². The van der Waals surface area contributed by atoms with E-state index in [0.29, 0.717) is 24.9 Å². The van der Waals surface area contributed by atoms with Crippen molar-refractivity contribution in [1.29, 1.82) is 0 Å². The molecule has 2 heterocycles. The highest BCUT2D eigenvalue weighted by Gasteiger charge is 2.19. The van der Waals surface area contributed by atoms with Gasteiger partial charge in [-0.25, -0.2) is 9.97 Å². The van der Waals surface area contributed by atoms with Crippen molar-refractivity contribution in [2.24, 2.45) is 0 Å². The first kappa shape index (κ1) is 12.4. The highest BCUT2D eigenvalue weighted by Crippen LogP contribution is 2.34. The Hall–Kier alpha value is -2.30. The first-order chi connectivity index (χ1) is 10.3. The monoisotopic (exact) mass is 283 g/mol. The van der Waals surface area contributed by atoms with Crippen LogP contribution in [0.5, 0.6) is 11.5 Å². The van der Waals surface area contributed by atoms with E-state index >= 15 is 0 Å². The van der Waals surface area contributed by atoms with Gasteiger partial charge in [0.05, 0.1) is 13.2 Å². The Kier molecular flexibility index (Phi) is 2.91. The van der Waals surface area contributed by atoms with Crippen LogP contribution in [0, 0.1) is 0 Å². The average molecular weight is 283 g/mol. The highest BCUT2D eigenvalue weighted by atomic mass is 16.5. The Bertz CT molecular complexity index is 700. The third kappa shape index (κ3) is 2.18. The van der Waals surface area contributed by atoms with E-state index < -0.39 is 0 Å². The third-order valence-corrected chi connectivity index (χ3v) is 3.97. The SMILES string of the molecule is Nc1nc(-c2ccc3c(c2)OCCCO3)nc2c1CCC2. The normalized spacial score (nSPS) is 16.4. The number of benzene rings is 1. The van der Waals surface area contributed by atoms with Gasteiger partial charge in [-0.15, -0.1) is 0 Å². The van der Waals surface area contributed by atoms with Crippen LogP contribution in [0.25, 0.3) is 11.4 Å². The molecule has 0 saturated heterocycles. The van der Waals surface area contributed by atoms with Crippen LogP contribution in [0.3, 0.4) is 0 Å². The summed E-state index contributed by atoms with van der Waals surface area (Å²) in [5.41, 5.74) is 9.19. The fourth-order valence-electron chi connectivity index (χ4n) is 2.89. The molecule has 2 N–H and O–H groups in total. The molecular weight excluding hydrogens is 266 g/mol. The van der Waals surface area contributed by atoms with Gasteiger partial charge in [-0.05, 0) is 37.5 Å². The summed E-state index contributed by atoms with van der Waals surface area (Å²) in [5.74, 6) is 2.82. The van der Waals surface area contributed by atoms with Gasteiger partial charge in [-0.1, -0.05) is 0 Å². The van der Waals surface area contributed by atoms with Gasteiger partial charge in [0.2, 0.25) is 0 Å². The molecule has 108 valence electrons. The molecule has 21 heavy (non-hydrogen) atoms. The fraction of sp³-hybridized carbons (Fsp3) is 0.375. The maximum absolute atomic E-state index is 6.07. The number of hydrogen-bond acceptors (Lipinski definition) is 5. The predicted molar refractivity (Wildman–Crippen MR) is 79.5 cm³/mol. The number of rotatable bonds is 1. The summed E-state index contributed by atoms with van der Waals surface area (Å²) in [6.45, 7) is 1.36. The Morgan fingerprint density at radius 3 is 2.71 bits per heavy atom. The van der Waals surface area contributed by atoms with Crippen LogP contribution >= 0.6 is 0 Å². The van der Waals surface area contributed by atoms with E-state index in [2.05, 4.69) is 9.97 Å². The first-order valence-electron chi connectivity index (χ1n) is 7.36. The zero-order chi connectivity index (χ0) is 14.2. The van der Waals surface area contributed by atoms with E-state index in [9.17, 15) is 0 Å². The van der Waals surface area contributed by atoms with E-state index in [1.165, 1.54) is 0 Å². The van der Waals surface area contributed by atoms with Gasteiger partial charge >= 0.3 is 0 Å². The van der Waals surface area contributed by atoms with Crippen molar-refractivity contribution in [1.82, 2.24) is 9.97 Å². The number of aryl methyl sites for hydroxylation is 1. The molecule has 2 aromatic rings. The lowest BCUT2D eigenvalue weighted by Gasteiger charge is -2.10. The molecule has 1 aromatic carbocycles. The van der Waals surface area contributed by atoms with Crippen molar-refractivity contribution in [3.8, 4) is 22.9 Å². The van der Waals surface area contributed by atoms with Crippen LogP contribution in [-0.2, 0) is 12.8 Å². The molecule has 5 nitrogen and oxygen atoms in total.